The number of allylic oxidation sites excluding steroid dienone is 1. The van der Waals surface area contributed by atoms with Gasteiger partial charge in [0.25, 0.3) is 0 Å². The van der Waals surface area contributed by atoms with Gasteiger partial charge in [-0.1, -0.05) is 76.9 Å². The van der Waals surface area contributed by atoms with E-state index >= 15 is 0 Å². The number of carbonyl (C=O) groups excluding carboxylic acids is 1. The molecule has 0 amide bonds. The van der Waals surface area contributed by atoms with Crippen LogP contribution in [-0.2, 0) is 12.8 Å². The second-order valence-corrected chi connectivity index (χ2v) is 13.0. The monoisotopic (exact) mass is 505 g/mol. The number of aryl methyl sites for hydroxylation is 2. The van der Waals surface area contributed by atoms with Gasteiger partial charge >= 0.3 is 0 Å². The Bertz CT molecular complexity index is 1100. The summed E-state index contributed by atoms with van der Waals surface area (Å²) >= 11 is 6.41. The Morgan fingerprint density at radius 2 is 1.97 bits per heavy atom. The smallest absolute Gasteiger partial charge is 0.163 e. The van der Waals surface area contributed by atoms with E-state index in [1.165, 1.54) is 28.8 Å². The lowest BCUT2D eigenvalue weighted by atomic mass is 9.65. The summed E-state index contributed by atoms with van der Waals surface area (Å²) in [4.78, 5) is 15.8. The van der Waals surface area contributed by atoms with Crippen molar-refractivity contribution < 1.29 is 4.79 Å². The van der Waals surface area contributed by atoms with Crippen LogP contribution in [0, 0.1) is 23.2 Å². The van der Waals surface area contributed by atoms with Gasteiger partial charge in [0.2, 0.25) is 0 Å². The van der Waals surface area contributed by atoms with Crippen LogP contribution in [0.5, 0.6) is 0 Å². The Labute approximate surface area is 224 Å². The zero-order valence-corrected chi connectivity index (χ0v) is 23.7. The topological polar surface area (TPSA) is 20.3 Å². The van der Waals surface area contributed by atoms with Crippen molar-refractivity contribution >= 4 is 23.1 Å². The summed E-state index contributed by atoms with van der Waals surface area (Å²) in [5.41, 5.74) is 6.32. The highest BCUT2D eigenvalue weighted by atomic mass is 35.5. The zero-order chi connectivity index (χ0) is 26.0. The molecular weight excluding hydrogens is 462 g/mol. The molecule has 4 atom stereocenters. The molecule has 1 aliphatic carbocycles. The number of fused-ring (bicyclic) bond motifs is 1. The van der Waals surface area contributed by atoms with Crippen LogP contribution >= 0.6 is 11.6 Å². The Morgan fingerprint density at radius 1 is 1.19 bits per heavy atom. The lowest BCUT2D eigenvalue weighted by molar-refractivity contribution is 0.0940. The molecule has 4 rings (SSSR count). The summed E-state index contributed by atoms with van der Waals surface area (Å²) in [6.07, 6.45) is 8.28. The van der Waals surface area contributed by atoms with Gasteiger partial charge in [0.15, 0.2) is 5.78 Å². The van der Waals surface area contributed by atoms with Gasteiger partial charge < -0.3 is 4.90 Å². The number of ketones is 1. The Morgan fingerprint density at radius 3 is 2.64 bits per heavy atom. The number of halogens is 1. The normalized spacial score (nSPS) is 24.0. The first kappa shape index (κ1) is 27.0. The van der Waals surface area contributed by atoms with E-state index in [2.05, 4.69) is 88.6 Å². The lowest BCUT2D eigenvalue weighted by Gasteiger charge is -2.45. The van der Waals surface area contributed by atoms with Gasteiger partial charge in [-0.15, -0.1) is 6.58 Å². The molecule has 0 radical (unpaired) electrons. The van der Waals surface area contributed by atoms with Crippen molar-refractivity contribution in [1.82, 2.24) is 0 Å². The van der Waals surface area contributed by atoms with Crippen LogP contribution in [0.15, 0.2) is 49.1 Å². The summed E-state index contributed by atoms with van der Waals surface area (Å²) < 4.78 is 0. The fourth-order valence-electron chi connectivity index (χ4n) is 6.34. The maximum atomic E-state index is 13.2. The molecule has 2 nitrogen and oxygen atoms in total. The zero-order valence-electron chi connectivity index (χ0n) is 22.9. The third-order valence-corrected chi connectivity index (χ3v) is 8.60. The van der Waals surface area contributed by atoms with Crippen LogP contribution in [0.4, 0.5) is 5.69 Å². The van der Waals surface area contributed by atoms with E-state index in [0.717, 1.165) is 49.4 Å². The summed E-state index contributed by atoms with van der Waals surface area (Å²) in [6.45, 7) is 17.2. The SMILES string of the molecule is C=CC1CC(C)C1CN1CC(c2ccc(Cl)cc2CCC)CCc2ccc(C(=O)CC(C)(C)C)cc21. The van der Waals surface area contributed by atoms with Crippen molar-refractivity contribution in [3.05, 3.63) is 76.3 Å². The minimum Gasteiger partial charge on any atom is -0.370 e. The van der Waals surface area contributed by atoms with E-state index in [-0.39, 0.29) is 11.2 Å². The van der Waals surface area contributed by atoms with Gasteiger partial charge in [-0.05, 0) is 83.7 Å². The summed E-state index contributed by atoms with van der Waals surface area (Å²) in [7, 11) is 0. The van der Waals surface area contributed by atoms with Crippen molar-refractivity contribution in [3.63, 3.8) is 0 Å². The fourth-order valence-corrected chi connectivity index (χ4v) is 6.54. The lowest BCUT2D eigenvalue weighted by Crippen LogP contribution is -2.44. The predicted molar refractivity (Wildman–Crippen MR) is 155 cm³/mol. The highest BCUT2D eigenvalue weighted by molar-refractivity contribution is 6.30. The van der Waals surface area contributed by atoms with Crippen molar-refractivity contribution in [2.75, 3.05) is 18.0 Å². The molecule has 2 aliphatic rings. The van der Waals surface area contributed by atoms with Crippen molar-refractivity contribution in [2.45, 2.75) is 79.1 Å². The molecule has 0 bridgehead atoms. The van der Waals surface area contributed by atoms with Crippen LogP contribution in [0.1, 0.15) is 93.3 Å². The molecule has 2 aromatic carbocycles. The number of benzene rings is 2. The molecule has 0 spiro atoms. The van der Waals surface area contributed by atoms with Crippen LogP contribution in [0.25, 0.3) is 0 Å². The van der Waals surface area contributed by atoms with Gasteiger partial charge in [0.05, 0.1) is 0 Å². The molecule has 194 valence electrons. The second kappa shape index (κ2) is 11.1. The predicted octanol–water partition coefficient (Wildman–Crippen LogP) is 8.91. The van der Waals surface area contributed by atoms with E-state index in [9.17, 15) is 4.79 Å². The third kappa shape index (κ3) is 6.08. The highest BCUT2D eigenvalue weighted by Crippen LogP contribution is 2.44. The molecule has 3 heteroatoms. The van der Waals surface area contributed by atoms with Crippen molar-refractivity contribution in [3.8, 4) is 0 Å². The fraction of sp³-hybridized carbons (Fsp3) is 0.545. The number of carbonyl (C=O) groups is 1. The summed E-state index contributed by atoms with van der Waals surface area (Å²) in [6, 6.07) is 13.0. The molecule has 1 heterocycles. The molecule has 1 saturated carbocycles. The molecule has 1 fully saturated rings. The van der Waals surface area contributed by atoms with E-state index in [1.54, 1.807) is 0 Å². The second-order valence-electron chi connectivity index (χ2n) is 12.5. The first-order chi connectivity index (χ1) is 17.1. The first-order valence-electron chi connectivity index (χ1n) is 13.9. The molecule has 0 N–H and O–H groups in total. The van der Waals surface area contributed by atoms with E-state index < -0.39 is 0 Å². The number of anilines is 1. The quantitative estimate of drug-likeness (QED) is 0.263. The number of Topliss-reactive ketones (excluding diaryl/α,β-unsaturated/α-hetero) is 1. The molecule has 4 unspecified atom stereocenters. The number of rotatable bonds is 8. The Hall–Kier alpha value is -2.06. The number of hydrogen-bond donors (Lipinski definition) is 0. The van der Waals surface area contributed by atoms with Crippen LogP contribution < -0.4 is 4.90 Å². The summed E-state index contributed by atoms with van der Waals surface area (Å²) in [5, 5.41) is 0.829. The van der Waals surface area contributed by atoms with Gasteiger partial charge in [0, 0.05) is 41.7 Å². The first-order valence-corrected chi connectivity index (χ1v) is 14.3. The van der Waals surface area contributed by atoms with Gasteiger partial charge in [-0.2, -0.15) is 0 Å². The van der Waals surface area contributed by atoms with Crippen molar-refractivity contribution in [2.24, 2.45) is 23.2 Å². The average molecular weight is 506 g/mol. The molecule has 2 aromatic rings. The third-order valence-electron chi connectivity index (χ3n) is 8.36. The molecule has 0 aromatic heterocycles. The maximum Gasteiger partial charge on any atom is 0.163 e. The largest absolute Gasteiger partial charge is 0.370 e. The van der Waals surface area contributed by atoms with E-state index in [1.807, 2.05) is 0 Å². The van der Waals surface area contributed by atoms with E-state index in [0.29, 0.717) is 30.1 Å². The van der Waals surface area contributed by atoms with Gasteiger partial charge in [-0.3, -0.25) is 4.79 Å². The van der Waals surface area contributed by atoms with Crippen molar-refractivity contribution in [1.29, 1.82) is 0 Å². The van der Waals surface area contributed by atoms with Crippen LogP contribution in [0.3, 0.4) is 0 Å². The Kier molecular flexibility index (Phi) is 8.35. The minimum atomic E-state index is -0.0164. The summed E-state index contributed by atoms with van der Waals surface area (Å²) in [5.74, 6) is 2.60. The maximum absolute atomic E-state index is 13.2. The minimum absolute atomic E-state index is 0.0164. The molecule has 1 aliphatic heterocycles. The number of hydrogen-bond acceptors (Lipinski definition) is 2. The molecule has 0 saturated heterocycles. The van der Waals surface area contributed by atoms with Crippen LogP contribution in [0.2, 0.25) is 5.02 Å². The average Bonchev–Trinajstić information content (AvgIpc) is 2.99. The highest BCUT2D eigenvalue weighted by Gasteiger charge is 2.38. The standard InChI is InChI=1S/C33H44ClNO/c1-7-9-25-17-28(34)14-15-29(25)27-13-11-24-10-12-26(32(36)19-33(4,5)6)18-31(24)35(20-27)21-30-22(3)16-23(30)8-2/h8,10,12,14-15,17-18,22-23,27,30H,2,7,9,11,13,16,19-21H2,1,3-6H3. The van der Waals surface area contributed by atoms with Gasteiger partial charge in [-0.25, -0.2) is 0 Å². The molecular formula is C33H44ClNO. The van der Waals surface area contributed by atoms with Crippen LogP contribution in [-0.4, -0.2) is 18.9 Å². The Balaban J connectivity index is 1.70. The van der Waals surface area contributed by atoms with Gasteiger partial charge in [0.1, 0.15) is 0 Å². The van der Waals surface area contributed by atoms with E-state index in [4.69, 9.17) is 11.6 Å². The molecule has 36 heavy (non-hydrogen) atoms. The number of nitrogens with zero attached hydrogens (tertiary/aromatic N) is 1.